The van der Waals surface area contributed by atoms with Crippen LogP contribution in [0.15, 0.2) is 0 Å². The summed E-state index contributed by atoms with van der Waals surface area (Å²) in [5.41, 5.74) is 0.0434. The molecule has 2 unspecified atom stereocenters. The summed E-state index contributed by atoms with van der Waals surface area (Å²) in [5, 5.41) is 0. The molecule has 0 heterocycles. The van der Waals surface area contributed by atoms with E-state index in [0.717, 1.165) is 18.8 Å². The van der Waals surface area contributed by atoms with E-state index in [-0.39, 0.29) is 5.60 Å². The van der Waals surface area contributed by atoms with Crippen molar-refractivity contribution in [1.82, 2.24) is 0 Å². The first-order chi connectivity index (χ1) is 4.37. The van der Waals surface area contributed by atoms with Gasteiger partial charge in [-0.25, -0.2) is 0 Å². The molecule has 0 N–H and O–H groups in total. The predicted molar refractivity (Wildman–Crippen MR) is 31.8 cm³/mol. The maximum absolute atomic E-state index is 9.97. The highest BCUT2D eigenvalue weighted by Crippen LogP contribution is 2.57. The van der Waals surface area contributed by atoms with Crippen LogP contribution in [0.5, 0.6) is 0 Å². The minimum atomic E-state index is 0.0434. The number of carbonyl (C=O) groups is 1. The lowest BCUT2D eigenvalue weighted by molar-refractivity contribution is -0.135. The first-order valence-electron chi connectivity index (χ1n) is 3.49. The van der Waals surface area contributed by atoms with E-state index in [0.29, 0.717) is 6.47 Å². The number of hydrogen-bond acceptors (Lipinski definition) is 2. The molecule has 2 aliphatic carbocycles. The van der Waals surface area contributed by atoms with Crippen LogP contribution in [0.4, 0.5) is 0 Å². The maximum atomic E-state index is 9.97. The molecule has 0 aromatic carbocycles. The summed E-state index contributed by atoms with van der Waals surface area (Å²) in [7, 11) is 0. The van der Waals surface area contributed by atoms with Crippen molar-refractivity contribution in [2.45, 2.75) is 31.3 Å². The van der Waals surface area contributed by atoms with Crippen LogP contribution in [0.25, 0.3) is 0 Å². The molecule has 2 rings (SSSR count). The van der Waals surface area contributed by atoms with Gasteiger partial charge in [-0.05, 0) is 25.7 Å². The topological polar surface area (TPSA) is 26.3 Å². The van der Waals surface area contributed by atoms with Gasteiger partial charge in [-0.1, -0.05) is 0 Å². The molecule has 0 bridgehead atoms. The van der Waals surface area contributed by atoms with Gasteiger partial charge in [0.15, 0.2) is 0 Å². The van der Waals surface area contributed by atoms with E-state index in [1.807, 2.05) is 0 Å². The highest BCUT2D eigenvalue weighted by atomic mass is 16.5. The number of ether oxygens (including phenoxy) is 1. The van der Waals surface area contributed by atoms with Crippen molar-refractivity contribution in [3.63, 3.8) is 0 Å². The molecule has 0 amide bonds. The number of hydrogen-bond donors (Lipinski definition) is 0. The number of fused-ring (bicyclic) bond motifs is 1. The molecule has 0 spiro atoms. The molecule has 2 atom stereocenters. The van der Waals surface area contributed by atoms with E-state index >= 15 is 0 Å². The van der Waals surface area contributed by atoms with Crippen molar-refractivity contribution in [2.75, 3.05) is 0 Å². The third kappa shape index (κ3) is 0.590. The van der Waals surface area contributed by atoms with Crippen LogP contribution >= 0.6 is 0 Å². The zero-order chi connectivity index (χ0) is 6.32. The molecular weight excluding hydrogens is 116 g/mol. The molecule has 50 valence electrons. The average molecular weight is 126 g/mol. The highest BCUT2D eigenvalue weighted by molar-refractivity contribution is 5.40. The Labute approximate surface area is 54.2 Å². The van der Waals surface area contributed by atoms with Gasteiger partial charge in [-0.15, -0.1) is 0 Å². The van der Waals surface area contributed by atoms with E-state index in [2.05, 4.69) is 0 Å². The summed E-state index contributed by atoms with van der Waals surface area (Å²) in [5.74, 6) is 0.725. The van der Waals surface area contributed by atoms with Crippen molar-refractivity contribution in [3.05, 3.63) is 0 Å². The molecule has 2 saturated carbocycles. The van der Waals surface area contributed by atoms with E-state index in [4.69, 9.17) is 4.74 Å². The van der Waals surface area contributed by atoms with E-state index in [1.165, 1.54) is 12.8 Å². The van der Waals surface area contributed by atoms with Crippen LogP contribution in [0.1, 0.15) is 25.7 Å². The Morgan fingerprint density at radius 1 is 1.67 bits per heavy atom. The minimum absolute atomic E-state index is 0.0434. The molecule has 2 nitrogen and oxygen atoms in total. The normalized spacial score (nSPS) is 46.0. The summed E-state index contributed by atoms with van der Waals surface area (Å²) in [6.07, 6.45) is 4.76. The van der Waals surface area contributed by atoms with E-state index < -0.39 is 0 Å². The van der Waals surface area contributed by atoms with Crippen LogP contribution in [0.2, 0.25) is 0 Å². The molecule has 0 aromatic rings. The Bertz CT molecular complexity index is 144. The second kappa shape index (κ2) is 1.49. The smallest absolute Gasteiger partial charge is 0.293 e. The SMILES string of the molecule is O=COC12CCCC1C2. The lowest BCUT2D eigenvalue weighted by Crippen LogP contribution is -2.11. The summed E-state index contributed by atoms with van der Waals surface area (Å²) >= 11 is 0. The zero-order valence-electron chi connectivity index (χ0n) is 5.30. The Balaban J connectivity index is 2.02. The van der Waals surface area contributed by atoms with Crippen molar-refractivity contribution in [1.29, 1.82) is 0 Å². The summed E-state index contributed by atoms with van der Waals surface area (Å²) in [6.45, 7) is 0.602. The Morgan fingerprint density at radius 2 is 2.56 bits per heavy atom. The third-order valence-electron chi connectivity index (χ3n) is 2.61. The van der Waals surface area contributed by atoms with Gasteiger partial charge in [0.05, 0.1) is 0 Å². The fourth-order valence-corrected chi connectivity index (χ4v) is 1.98. The molecule has 2 aliphatic rings. The minimum Gasteiger partial charge on any atom is -0.461 e. The molecule has 2 heteroatoms. The molecule has 0 aromatic heterocycles. The standard InChI is InChI=1S/C7H10O2/c8-5-9-7-3-1-2-6(7)4-7/h5-6H,1-4H2. The molecule has 0 saturated heterocycles. The molecular formula is C7H10O2. The molecule has 0 aliphatic heterocycles. The first kappa shape index (κ1) is 5.27. The third-order valence-corrected chi connectivity index (χ3v) is 2.61. The first-order valence-corrected chi connectivity index (χ1v) is 3.49. The van der Waals surface area contributed by atoms with Crippen LogP contribution in [0.3, 0.4) is 0 Å². The van der Waals surface area contributed by atoms with Gasteiger partial charge in [-0.3, -0.25) is 4.79 Å². The van der Waals surface area contributed by atoms with Gasteiger partial charge >= 0.3 is 0 Å². The summed E-state index contributed by atoms with van der Waals surface area (Å²) < 4.78 is 4.98. The fourth-order valence-electron chi connectivity index (χ4n) is 1.98. The van der Waals surface area contributed by atoms with Gasteiger partial charge in [-0.2, -0.15) is 0 Å². The van der Waals surface area contributed by atoms with E-state index in [9.17, 15) is 4.79 Å². The fraction of sp³-hybridized carbons (Fsp3) is 0.857. The number of carbonyl (C=O) groups excluding carboxylic acids is 1. The van der Waals surface area contributed by atoms with Crippen LogP contribution in [0, 0.1) is 5.92 Å². The van der Waals surface area contributed by atoms with Gasteiger partial charge < -0.3 is 4.74 Å². The zero-order valence-corrected chi connectivity index (χ0v) is 5.30. The highest BCUT2D eigenvalue weighted by Gasteiger charge is 2.59. The molecule has 9 heavy (non-hydrogen) atoms. The predicted octanol–water partition coefficient (Wildman–Crippen LogP) is 1.10. The van der Waals surface area contributed by atoms with Gasteiger partial charge in [0.25, 0.3) is 6.47 Å². The van der Waals surface area contributed by atoms with E-state index in [1.54, 1.807) is 0 Å². The van der Waals surface area contributed by atoms with Gasteiger partial charge in [0, 0.05) is 5.92 Å². The average Bonchev–Trinajstić information content (AvgIpc) is 2.37. The van der Waals surface area contributed by atoms with Crippen molar-refractivity contribution in [2.24, 2.45) is 5.92 Å². The van der Waals surface area contributed by atoms with Crippen LogP contribution in [-0.2, 0) is 9.53 Å². The van der Waals surface area contributed by atoms with Crippen molar-refractivity contribution >= 4 is 6.47 Å². The Hall–Kier alpha value is -0.530. The summed E-state index contributed by atoms with van der Waals surface area (Å²) in [6, 6.07) is 0. The quantitative estimate of drug-likeness (QED) is 0.518. The molecule has 0 radical (unpaired) electrons. The number of rotatable bonds is 2. The Kier molecular flexibility index (Phi) is 0.875. The largest absolute Gasteiger partial charge is 0.461 e. The monoisotopic (exact) mass is 126 g/mol. The lowest BCUT2D eigenvalue weighted by atomic mass is 10.2. The van der Waals surface area contributed by atoms with Crippen molar-refractivity contribution < 1.29 is 9.53 Å². The maximum Gasteiger partial charge on any atom is 0.293 e. The lowest BCUT2D eigenvalue weighted by Gasteiger charge is -2.07. The van der Waals surface area contributed by atoms with Crippen LogP contribution in [-0.4, -0.2) is 12.1 Å². The Morgan fingerprint density at radius 3 is 3.00 bits per heavy atom. The van der Waals surface area contributed by atoms with Gasteiger partial charge in [0.2, 0.25) is 0 Å². The second-order valence-corrected chi connectivity index (χ2v) is 3.07. The molecule has 2 fully saturated rings. The van der Waals surface area contributed by atoms with Crippen molar-refractivity contribution in [3.8, 4) is 0 Å². The van der Waals surface area contributed by atoms with Gasteiger partial charge in [0.1, 0.15) is 5.60 Å². The van der Waals surface area contributed by atoms with Crippen LogP contribution < -0.4 is 0 Å². The second-order valence-electron chi connectivity index (χ2n) is 3.07. The summed E-state index contributed by atoms with van der Waals surface area (Å²) in [4.78, 5) is 9.97.